The predicted octanol–water partition coefficient (Wildman–Crippen LogP) is 3.83. The Labute approximate surface area is 142 Å². The van der Waals surface area contributed by atoms with Gasteiger partial charge in [0.25, 0.3) is 10.0 Å². The van der Waals surface area contributed by atoms with Crippen molar-refractivity contribution in [2.75, 3.05) is 4.72 Å². The lowest BCUT2D eigenvalue weighted by Gasteiger charge is -2.11. The van der Waals surface area contributed by atoms with Gasteiger partial charge in [0, 0.05) is 5.39 Å². The molecule has 3 aromatic carbocycles. The molecule has 6 nitrogen and oxygen atoms in total. The van der Waals surface area contributed by atoms with Crippen LogP contribution in [0.15, 0.2) is 64.1 Å². The number of aromatic nitrogens is 2. The molecule has 0 unspecified atom stereocenters. The second kappa shape index (κ2) is 5.47. The van der Waals surface area contributed by atoms with E-state index >= 15 is 0 Å². The van der Waals surface area contributed by atoms with Gasteiger partial charge in [-0.15, -0.1) is 0 Å². The van der Waals surface area contributed by atoms with E-state index in [0.29, 0.717) is 5.69 Å². The number of rotatable bonds is 3. The normalized spacial score (nSPS) is 11.9. The van der Waals surface area contributed by atoms with E-state index in [1.54, 1.807) is 12.1 Å². The molecule has 4 rings (SSSR count). The van der Waals surface area contributed by atoms with E-state index < -0.39 is 10.0 Å². The van der Waals surface area contributed by atoms with Gasteiger partial charge < -0.3 is 0 Å². The molecule has 0 aliphatic heterocycles. The molecule has 1 N–H and O–H groups in total. The summed E-state index contributed by atoms with van der Waals surface area (Å²) < 4.78 is 32.8. The number of hydrogen-bond donors (Lipinski definition) is 1. The van der Waals surface area contributed by atoms with Crippen LogP contribution in [0.25, 0.3) is 21.8 Å². The van der Waals surface area contributed by atoms with Crippen LogP contribution in [0.2, 0.25) is 5.02 Å². The number of anilines is 1. The molecule has 0 fully saturated rings. The highest BCUT2D eigenvalue weighted by atomic mass is 35.5. The standard InChI is InChI=1S/C16H10ClN3O3S/c17-12-8-9-14(16-15(12)18-23-19-16)24(21,22)20-13-7-3-5-10-4-1-2-6-11(10)13/h1-9,20H. The lowest BCUT2D eigenvalue weighted by molar-refractivity contribution is 0.315. The maximum atomic E-state index is 12.8. The van der Waals surface area contributed by atoms with Crippen molar-refractivity contribution in [1.29, 1.82) is 0 Å². The van der Waals surface area contributed by atoms with Gasteiger partial charge in [-0.05, 0) is 33.9 Å². The molecule has 0 aliphatic carbocycles. The third kappa shape index (κ3) is 2.38. The molecular formula is C16H10ClN3O3S. The van der Waals surface area contributed by atoms with Crippen LogP contribution in [0.4, 0.5) is 5.69 Å². The van der Waals surface area contributed by atoms with Gasteiger partial charge in [0.1, 0.15) is 4.90 Å². The van der Waals surface area contributed by atoms with E-state index in [9.17, 15) is 8.42 Å². The van der Waals surface area contributed by atoms with Crippen LogP contribution in [0.1, 0.15) is 0 Å². The summed E-state index contributed by atoms with van der Waals surface area (Å²) in [7, 11) is -3.89. The monoisotopic (exact) mass is 359 g/mol. The summed E-state index contributed by atoms with van der Waals surface area (Å²) in [5.41, 5.74) is 0.778. The minimum absolute atomic E-state index is 0.0453. The van der Waals surface area contributed by atoms with Crippen molar-refractivity contribution >= 4 is 49.1 Å². The van der Waals surface area contributed by atoms with Crippen molar-refractivity contribution < 1.29 is 13.0 Å². The molecule has 120 valence electrons. The second-order valence-corrected chi connectivity index (χ2v) is 7.20. The highest BCUT2D eigenvalue weighted by Gasteiger charge is 2.22. The first kappa shape index (κ1) is 14.9. The van der Waals surface area contributed by atoms with E-state index in [-0.39, 0.29) is 21.0 Å². The van der Waals surface area contributed by atoms with E-state index in [4.69, 9.17) is 11.6 Å². The van der Waals surface area contributed by atoms with Crippen molar-refractivity contribution in [3.63, 3.8) is 0 Å². The average Bonchev–Trinajstić information content (AvgIpc) is 3.05. The van der Waals surface area contributed by atoms with Gasteiger partial charge in [-0.25, -0.2) is 13.0 Å². The molecule has 0 amide bonds. The molecule has 1 aromatic heterocycles. The molecular weight excluding hydrogens is 350 g/mol. The third-order valence-corrected chi connectivity index (χ3v) is 5.35. The zero-order chi connectivity index (χ0) is 16.7. The van der Waals surface area contributed by atoms with Crippen molar-refractivity contribution in [2.24, 2.45) is 0 Å². The Morgan fingerprint density at radius 1 is 0.917 bits per heavy atom. The summed E-state index contributed by atoms with van der Waals surface area (Å²) >= 11 is 5.98. The molecule has 0 atom stereocenters. The number of hydrogen-bond acceptors (Lipinski definition) is 5. The highest BCUT2D eigenvalue weighted by molar-refractivity contribution is 7.93. The maximum Gasteiger partial charge on any atom is 0.264 e. The van der Waals surface area contributed by atoms with Crippen LogP contribution in [-0.4, -0.2) is 18.7 Å². The molecule has 24 heavy (non-hydrogen) atoms. The van der Waals surface area contributed by atoms with Crippen LogP contribution >= 0.6 is 11.6 Å². The van der Waals surface area contributed by atoms with Gasteiger partial charge >= 0.3 is 0 Å². The summed E-state index contributed by atoms with van der Waals surface area (Å²) in [5.74, 6) is 0. The largest absolute Gasteiger partial charge is 0.279 e. The molecule has 1 heterocycles. The molecule has 0 spiro atoms. The van der Waals surface area contributed by atoms with Crippen LogP contribution in [-0.2, 0) is 10.0 Å². The first-order chi connectivity index (χ1) is 11.6. The van der Waals surface area contributed by atoms with Gasteiger partial charge in [0.15, 0.2) is 11.0 Å². The van der Waals surface area contributed by atoms with E-state index in [0.717, 1.165) is 10.8 Å². The van der Waals surface area contributed by atoms with Gasteiger partial charge in [0.05, 0.1) is 10.7 Å². The quantitative estimate of drug-likeness (QED) is 0.600. The first-order valence-corrected chi connectivity index (χ1v) is 8.84. The zero-order valence-electron chi connectivity index (χ0n) is 12.1. The molecule has 0 saturated heterocycles. The van der Waals surface area contributed by atoms with E-state index in [2.05, 4.69) is 19.7 Å². The Morgan fingerprint density at radius 3 is 2.54 bits per heavy atom. The third-order valence-electron chi connectivity index (χ3n) is 3.65. The van der Waals surface area contributed by atoms with Crippen LogP contribution in [0.5, 0.6) is 0 Å². The Balaban J connectivity index is 1.86. The van der Waals surface area contributed by atoms with E-state index in [1.165, 1.54) is 12.1 Å². The average molecular weight is 360 g/mol. The molecule has 0 bridgehead atoms. The van der Waals surface area contributed by atoms with E-state index in [1.807, 2.05) is 30.3 Å². The summed E-state index contributed by atoms with van der Waals surface area (Å²) in [6, 6.07) is 15.7. The first-order valence-electron chi connectivity index (χ1n) is 6.97. The number of fused-ring (bicyclic) bond motifs is 2. The maximum absolute atomic E-state index is 12.8. The summed E-state index contributed by atoms with van der Waals surface area (Å²) in [6.07, 6.45) is 0. The minimum atomic E-state index is -3.89. The lowest BCUT2D eigenvalue weighted by Crippen LogP contribution is -2.13. The molecule has 0 aliphatic rings. The van der Waals surface area contributed by atoms with Crippen molar-refractivity contribution in [2.45, 2.75) is 4.90 Å². The Bertz CT molecular complexity index is 1170. The van der Waals surface area contributed by atoms with Gasteiger partial charge in [0.2, 0.25) is 0 Å². The molecule has 4 aromatic rings. The SMILES string of the molecule is O=S(=O)(Nc1cccc2ccccc12)c1ccc(Cl)c2nonc12. The fourth-order valence-corrected chi connectivity index (χ4v) is 3.94. The Hall–Kier alpha value is -2.64. The lowest BCUT2D eigenvalue weighted by atomic mass is 10.1. The van der Waals surface area contributed by atoms with Gasteiger partial charge in [-0.2, -0.15) is 0 Å². The van der Waals surface area contributed by atoms with Crippen LogP contribution in [0, 0.1) is 0 Å². The number of nitrogens with zero attached hydrogens (tertiary/aromatic N) is 2. The topological polar surface area (TPSA) is 85.1 Å². The highest BCUT2D eigenvalue weighted by Crippen LogP contribution is 2.30. The van der Waals surface area contributed by atoms with Crippen LogP contribution < -0.4 is 4.72 Å². The van der Waals surface area contributed by atoms with Gasteiger partial charge in [-0.1, -0.05) is 48.0 Å². The van der Waals surface area contributed by atoms with Crippen molar-refractivity contribution in [3.8, 4) is 0 Å². The minimum Gasteiger partial charge on any atom is -0.279 e. The summed E-state index contributed by atoms with van der Waals surface area (Å²) in [4.78, 5) is -0.0453. The number of halogens is 1. The zero-order valence-corrected chi connectivity index (χ0v) is 13.7. The number of sulfonamides is 1. The molecule has 8 heteroatoms. The Morgan fingerprint density at radius 2 is 1.67 bits per heavy atom. The molecule has 0 radical (unpaired) electrons. The van der Waals surface area contributed by atoms with Crippen LogP contribution in [0.3, 0.4) is 0 Å². The van der Waals surface area contributed by atoms with Gasteiger partial charge in [-0.3, -0.25) is 4.72 Å². The predicted molar refractivity (Wildman–Crippen MR) is 91.6 cm³/mol. The summed E-state index contributed by atoms with van der Waals surface area (Å²) in [5, 5.41) is 9.30. The number of nitrogens with one attached hydrogen (secondary N) is 1. The summed E-state index contributed by atoms with van der Waals surface area (Å²) in [6.45, 7) is 0. The van der Waals surface area contributed by atoms with Crippen molar-refractivity contribution in [1.82, 2.24) is 10.3 Å². The second-order valence-electron chi connectivity index (χ2n) is 5.14. The van der Waals surface area contributed by atoms with Crippen molar-refractivity contribution in [3.05, 3.63) is 59.6 Å². The smallest absolute Gasteiger partial charge is 0.264 e. The fourth-order valence-electron chi connectivity index (χ4n) is 2.54. The number of benzene rings is 3. The Kier molecular flexibility index (Phi) is 3.40. The molecule has 0 saturated carbocycles. The fraction of sp³-hybridized carbons (Fsp3) is 0.